The zero-order chi connectivity index (χ0) is 13.8. The number of hydrogen-bond acceptors (Lipinski definition) is 2. The average molecular weight is 473 g/mol. The van der Waals surface area contributed by atoms with Crippen molar-refractivity contribution in [3.8, 4) is 18.1 Å². The smallest absolute Gasteiger partial charge is 0.137 e. The fourth-order valence-electron chi connectivity index (χ4n) is 1.50. The maximum absolute atomic E-state index is 9.97. The summed E-state index contributed by atoms with van der Waals surface area (Å²) in [7, 11) is 0. The van der Waals surface area contributed by atoms with Crippen LogP contribution in [0.5, 0.6) is 5.75 Å². The van der Waals surface area contributed by atoms with E-state index in [0.29, 0.717) is 5.56 Å². The van der Waals surface area contributed by atoms with Crippen LogP contribution in [0.3, 0.4) is 0 Å². The molecule has 0 spiro atoms. The first-order chi connectivity index (χ1) is 9.10. The molecule has 0 atom stereocenters. The Morgan fingerprint density at radius 3 is 2.74 bits per heavy atom. The average Bonchev–Trinajstić information content (AvgIpc) is 2.41. The van der Waals surface area contributed by atoms with Crippen LogP contribution in [0.1, 0.15) is 11.1 Å². The lowest BCUT2D eigenvalue weighted by atomic mass is 10.2. The summed E-state index contributed by atoms with van der Waals surface area (Å²) in [6.07, 6.45) is 6.99. The number of halogens is 2. The third kappa shape index (κ3) is 3.70. The predicted molar refractivity (Wildman–Crippen MR) is 95.2 cm³/mol. The highest BCUT2D eigenvalue weighted by atomic mass is 127. The summed E-state index contributed by atoms with van der Waals surface area (Å²) in [5, 5.41) is 9.97. The van der Waals surface area contributed by atoms with E-state index in [4.69, 9.17) is 6.42 Å². The van der Waals surface area contributed by atoms with Crippen LogP contribution < -0.4 is 0 Å². The summed E-state index contributed by atoms with van der Waals surface area (Å²) in [5.74, 6) is 2.82. The minimum absolute atomic E-state index is 0.248. The van der Waals surface area contributed by atoms with Gasteiger partial charge in [0.25, 0.3) is 0 Å². The Labute approximate surface area is 139 Å². The van der Waals surface area contributed by atoms with Crippen molar-refractivity contribution in [1.82, 2.24) is 0 Å². The molecule has 2 aromatic rings. The Morgan fingerprint density at radius 2 is 2.00 bits per heavy atom. The number of phenols is 1. The Hall–Kier alpha value is -1.07. The molecule has 94 valence electrons. The van der Waals surface area contributed by atoms with Gasteiger partial charge in [0.1, 0.15) is 5.75 Å². The fraction of sp³-hybridized carbons (Fsp3) is 0. The van der Waals surface area contributed by atoms with Crippen molar-refractivity contribution >= 4 is 57.1 Å². The monoisotopic (exact) mass is 473 g/mol. The Kier molecular flexibility index (Phi) is 4.82. The van der Waals surface area contributed by atoms with E-state index in [0.717, 1.165) is 18.4 Å². The van der Waals surface area contributed by atoms with Crippen molar-refractivity contribution in [3.63, 3.8) is 0 Å². The molecule has 0 bridgehead atoms. The molecule has 0 saturated carbocycles. The molecule has 19 heavy (non-hydrogen) atoms. The van der Waals surface area contributed by atoms with Crippen LogP contribution in [0.2, 0.25) is 0 Å². The number of aromatic hydroxyl groups is 1. The van der Waals surface area contributed by atoms with Crippen molar-refractivity contribution in [2.45, 2.75) is 0 Å². The van der Waals surface area contributed by atoms with E-state index in [-0.39, 0.29) is 5.75 Å². The second-order valence-corrected chi connectivity index (χ2v) is 6.19. The fourth-order valence-corrected chi connectivity index (χ4v) is 3.39. The third-order valence-electron chi connectivity index (χ3n) is 2.42. The molecule has 0 aliphatic rings. The van der Waals surface area contributed by atoms with E-state index >= 15 is 0 Å². The number of rotatable bonds is 2. The molecule has 4 heteroatoms. The van der Waals surface area contributed by atoms with Gasteiger partial charge in [-0.15, -0.1) is 6.42 Å². The topological polar surface area (TPSA) is 32.6 Å². The zero-order valence-corrected chi connectivity index (χ0v) is 14.1. The van der Waals surface area contributed by atoms with Gasteiger partial charge in [0, 0.05) is 20.9 Å². The molecule has 1 N–H and O–H groups in total. The summed E-state index contributed by atoms with van der Waals surface area (Å²) in [5.41, 5.74) is 2.25. The third-order valence-corrected chi connectivity index (χ3v) is 3.87. The van der Waals surface area contributed by atoms with Crippen molar-refractivity contribution in [2.24, 2.45) is 4.99 Å². The first-order valence-corrected chi connectivity index (χ1v) is 7.54. The van der Waals surface area contributed by atoms with E-state index in [1.807, 2.05) is 36.4 Å². The predicted octanol–water partition coefficient (Wildman–Crippen LogP) is 4.33. The van der Waals surface area contributed by atoms with Gasteiger partial charge in [0.05, 0.1) is 9.26 Å². The Bertz CT molecular complexity index is 687. The quantitative estimate of drug-likeness (QED) is 0.394. The molecule has 0 aliphatic heterocycles. The molecule has 0 heterocycles. The molecule has 0 saturated heterocycles. The molecule has 0 fully saturated rings. The lowest BCUT2D eigenvalue weighted by Gasteiger charge is -2.03. The molecular weight excluding hydrogens is 464 g/mol. The van der Waals surface area contributed by atoms with Crippen molar-refractivity contribution in [3.05, 3.63) is 54.7 Å². The van der Waals surface area contributed by atoms with Gasteiger partial charge in [-0.05, 0) is 75.5 Å². The number of aliphatic imine (C=N–C) groups is 1. The summed E-state index contributed by atoms with van der Waals surface area (Å²) in [6.45, 7) is 0. The highest BCUT2D eigenvalue weighted by Crippen LogP contribution is 2.26. The van der Waals surface area contributed by atoms with Crippen LogP contribution in [0.4, 0.5) is 5.69 Å². The summed E-state index contributed by atoms with van der Waals surface area (Å²) >= 11 is 4.31. The van der Waals surface area contributed by atoms with Crippen molar-refractivity contribution in [2.75, 3.05) is 0 Å². The SMILES string of the molecule is C#Cc1cccc(/N=C/c2cc(I)cc(I)c2O)c1. The van der Waals surface area contributed by atoms with E-state index < -0.39 is 0 Å². The second-order valence-electron chi connectivity index (χ2n) is 3.78. The lowest BCUT2D eigenvalue weighted by Crippen LogP contribution is -1.87. The highest BCUT2D eigenvalue weighted by Gasteiger charge is 2.05. The van der Waals surface area contributed by atoms with E-state index in [1.165, 1.54) is 0 Å². The molecule has 2 rings (SSSR count). The Balaban J connectivity index is 2.35. The van der Waals surface area contributed by atoms with Gasteiger partial charge in [-0.1, -0.05) is 12.0 Å². The summed E-state index contributed by atoms with van der Waals surface area (Å²) in [6, 6.07) is 11.2. The second kappa shape index (κ2) is 6.39. The van der Waals surface area contributed by atoms with Crippen molar-refractivity contribution < 1.29 is 5.11 Å². The standard InChI is InChI=1S/C15H9I2NO/c1-2-10-4-3-5-13(6-10)18-9-11-7-12(16)8-14(17)15(11)19/h1,3-9,19H/b18-9+. The molecule has 2 aromatic carbocycles. The number of phenolic OH excluding ortho intramolecular Hbond substituents is 1. The van der Waals surface area contributed by atoms with E-state index in [2.05, 4.69) is 56.1 Å². The van der Waals surface area contributed by atoms with Gasteiger partial charge < -0.3 is 5.11 Å². The first kappa shape index (κ1) is 14.3. The minimum Gasteiger partial charge on any atom is -0.506 e. The number of nitrogens with zero attached hydrogens (tertiary/aromatic N) is 1. The molecule has 0 radical (unpaired) electrons. The lowest BCUT2D eigenvalue weighted by molar-refractivity contribution is 0.470. The van der Waals surface area contributed by atoms with Crippen LogP contribution in [0.25, 0.3) is 0 Å². The molecule has 0 amide bonds. The van der Waals surface area contributed by atoms with Gasteiger partial charge in [-0.2, -0.15) is 0 Å². The van der Waals surface area contributed by atoms with Gasteiger partial charge in [0.15, 0.2) is 0 Å². The van der Waals surface area contributed by atoms with Gasteiger partial charge in [0.2, 0.25) is 0 Å². The number of benzene rings is 2. The normalized spacial score (nSPS) is 10.6. The van der Waals surface area contributed by atoms with Gasteiger partial charge >= 0.3 is 0 Å². The molecular formula is C15H9I2NO. The Morgan fingerprint density at radius 1 is 1.21 bits per heavy atom. The first-order valence-electron chi connectivity index (χ1n) is 5.39. The van der Waals surface area contributed by atoms with Gasteiger partial charge in [-0.25, -0.2) is 0 Å². The maximum Gasteiger partial charge on any atom is 0.137 e. The minimum atomic E-state index is 0.248. The molecule has 0 aromatic heterocycles. The number of terminal acetylenes is 1. The van der Waals surface area contributed by atoms with Crippen LogP contribution in [-0.2, 0) is 0 Å². The van der Waals surface area contributed by atoms with Crippen LogP contribution in [-0.4, -0.2) is 11.3 Å². The molecule has 0 aliphatic carbocycles. The van der Waals surface area contributed by atoms with E-state index in [1.54, 1.807) is 6.21 Å². The van der Waals surface area contributed by atoms with Crippen LogP contribution in [0, 0.1) is 19.5 Å². The van der Waals surface area contributed by atoms with Crippen LogP contribution in [0.15, 0.2) is 41.4 Å². The summed E-state index contributed by atoms with van der Waals surface area (Å²) in [4.78, 5) is 4.34. The zero-order valence-electron chi connectivity index (χ0n) is 9.77. The van der Waals surface area contributed by atoms with Gasteiger partial charge in [-0.3, -0.25) is 4.99 Å². The molecule has 2 nitrogen and oxygen atoms in total. The molecule has 0 unspecified atom stereocenters. The highest BCUT2D eigenvalue weighted by molar-refractivity contribution is 14.1. The summed E-state index contributed by atoms with van der Waals surface area (Å²) < 4.78 is 1.86. The van der Waals surface area contributed by atoms with Crippen LogP contribution >= 0.6 is 45.2 Å². The number of hydrogen-bond donors (Lipinski definition) is 1. The maximum atomic E-state index is 9.97. The van der Waals surface area contributed by atoms with Crippen molar-refractivity contribution in [1.29, 1.82) is 0 Å². The largest absolute Gasteiger partial charge is 0.506 e. The van der Waals surface area contributed by atoms with E-state index in [9.17, 15) is 5.11 Å².